The Balaban J connectivity index is 1.67. The molecule has 1 saturated heterocycles. The normalized spacial score (nSPS) is 17.6. The minimum absolute atomic E-state index is 0.218. The Morgan fingerprint density at radius 2 is 1.92 bits per heavy atom. The predicted molar refractivity (Wildman–Crippen MR) is 95.9 cm³/mol. The van der Waals surface area contributed by atoms with Crippen molar-refractivity contribution < 1.29 is 14.3 Å². The lowest BCUT2D eigenvalue weighted by Crippen LogP contribution is -2.51. The Kier molecular flexibility index (Phi) is 5.47. The molecule has 0 bridgehead atoms. The van der Waals surface area contributed by atoms with Crippen LogP contribution in [-0.4, -0.2) is 58.2 Å². The number of methoxy groups -OCH3 is 1. The van der Waals surface area contributed by atoms with E-state index in [4.69, 9.17) is 12.2 Å². The maximum atomic E-state index is 12.8. The zero-order chi connectivity index (χ0) is 17.8. The molecule has 0 unspecified atom stereocenters. The van der Waals surface area contributed by atoms with Crippen LogP contribution in [0.25, 0.3) is 0 Å². The first-order chi connectivity index (χ1) is 12.1. The molecule has 3 rings (SSSR count). The first-order valence-electron chi connectivity index (χ1n) is 8.54. The van der Waals surface area contributed by atoms with Gasteiger partial charge in [-0.15, -0.1) is 0 Å². The van der Waals surface area contributed by atoms with E-state index in [1.807, 2.05) is 5.01 Å². The monoisotopic (exact) mass is 362 g/mol. The van der Waals surface area contributed by atoms with Crippen molar-refractivity contribution in [3.8, 4) is 0 Å². The van der Waals surface area contributed by atoms with Crippen molar-refractivity contribution in [3.63, 3.8) is 0 Å². The topological polar surface area (TPSA) is 74.8 Å². The molecular formula is C17H22N4O3S. The van der Waals surface area contributed by atoms with E-state index in [-0.39, 0.29) is 11.6 Å². The van der Waals surface area contributed by atoms with Crippen LogP contribution in [0.5, 0.6) is 0 Å². The number of rotatable bonds is 3. The molecule has 2 heterocycles. The average Bonchev–Trinajstić information content (AvgIpc) is 3.32. The number of hydrogen-bond acceptors (Lipinski definition) is 5. The molecule has 0 atom stereocenters. The third-order valence-electron chi connectivity index (χ3n) is 4.59. The van der Waals surface area contributed by atoms with Gasteiger partial charge in [-0.1, -0.05) is 12.8 Å². The van der Waals surface area contributed by atoms with Crippen LogP contribution in [0.1, 0.15) is 53.0 Å². The molecule has 1 saturated carbocycles. The van der Waals surface area contributed by atoms with Gasteiger partial charge in [0.15, 0.2) is 5.11 Å². The van der Waals surface area contributed by atoms with Crippen molar-refractivity contribution in [2.45, 2.75) is 38.1 Å². The molecule has 1 N–H and O–H groups in total. The first kappa shape index (κ1) is 17.6. The predicted octanol–water partition coefficient (Wildman–Crippen LogP) is 1.75. The van der Waals surface area contributed by atoms with Gasteiger partial charge in [-0.3, -0.25) is 14.8 Å². The molecule has 1 aliphatic carbocycles. The van der Waals surface area contributed by atoms with Crippen molar-refractivity contribution in [1.82, 2.24) is 20.3 Å². The van der Waals surface area contributed by atoms with Crippen molar-refractivity contribution in [2.24, 2.45) is 0 Å². The molecule has 134 valence electrons. The van der Waals surface area contributed by atoms with Crippen LogP contribution in [0.15, 0.2) is 18.3 Å². The first-order valence-corrected chi connectivity index (χ1v) is 8.95. The summed E-state index contributed by atoms with van der Waals surface area (Å²) >= 11 is 5.51. The molecule has 1 aromatic rings. The number of nitrogens with one attached hydrogen (secondary N) is 1. The molecule has 0 radical (unpaired) electrons. The lowest BCUT2D eigenvalue weighted by Gasteiger charge is -2.31. The van der Waals surface area contributed by atoms with E-state index < -0.39 is 5.97 Å². The fourth-order valence-electron chi connectivity index (χ4n) is 3.24. The van der Waals surface area contributed by atoms with Crippen LogP contribution in [-0.2, 0) is 4.74 Å². The number of carbonyl (C=O) groups excluding carboxylic acids is 2. The number of ether oxygens (including phenoxy) is 1. The van der Waals surface area contributed by atoms with Gasteiger partial charge in [-0.25, -0.2) is 9.80 Å². The minimum atomic E-state index is -0.476. The lowest BCUT2D eigenvalue weighted by atomic mass is 10.2. The molecule has 25 heavy (non-hydrogen) atoms. The number of hydrogen-bond donors (Lipinski definition) is 1. The van der Waals surface area contributed by atoms with Crippen LogP contribution >= 0.6 is 12.2 Å². The highest BCUT2D eigenvalue weighted by molar-refractivity contribution is 7.80. The zero-order valence-corrected chi connectivity index (χ0v) is 15.1. The Morgan fingerprint density at radius 3 is 2.56 bits per heavy atom. The number of aromatic nitrogens is 1. The molecule has 1 aliphatic heterocycles. The maximum Gasteiger partial charge on any atom is 0.339 e. The summed E-state index contributed by atoms with van der Waals surface area (Å²) in [6, 6.07) is 3.49. The summed E-state index contributed by atoms with van der Waals surface area (Å²) in [6.07, 6.45) is 6.91. The summed E-state index contributed by atoms with van der Waals surface area (Å²) in [6.45, 7) is 1.32. The van der Waals surface area contributed by atoms with Crippen LogP contribution < -0.4 is 5.32 Å². The molecular weight excluding hydrogens is 340 g/mol. The fraction of sp³-hybridized carbons (Fsp3) is 0.529. The van der Waals surface area contributed by atoms with Gasteiger partial charge >= 0.3 is 5.97 Å². The van der Waals surface area contributed by atoms with Gasteiger partial charge in [0.25, 0.3) is 5.91 Å². The van der Waals surface area contributed by atoms with Crippen LogP contribution in [0.3, 0.4) is 0 Å². The molecule has 7 nitrogen and oxygen atoms in total. The highest BCUT2D eigenvalue weighted by Gasteiger charge is 2.31. The molecule has 8 heteroatoms. The number of carbonyl (C=O) groups is 2. The summed E-state index contributed by atoms with van der Waals surface area (Å²) in [4.78, 5) is 28.3. The minimum Gasteiger partial charge on any atom is -0.465 e. The van der Waals surface area contributed by atoms with Crippen LogP contribution in [0.2, 0.25) is 0 Å². The Hall–Kier alpha value is -2.22. The summed E-state index contributed by atoms with van der Waals surface area (Å²) < 4.78 is 4.64. The summed E-state index contributed by atoms with van der Waals surface area (Å²) in [5.74, 6) is -0.694. The molecule has 1 aromatic heterocycles. The second kappa shape index (κ2) is 7.77. The van der Waals surface area contributed by atoms with Crippen molar-refractivity contribution in [1.29, 1.82) is 0 Å². The van der Waals surface area contributed by atoms with Crippen LogP contribution in [0.4, 0.5) is 0 Å². The Morgan fingerprint density at radius 1 is 1.20 bits per heavy atom. The third kappa shape index (κ3) is 3.89. The Bertz CT molecular complexity index is 658. The summed E-state index contributed by atoms with van der Waals surface area (Å²) in [5, 5.41) is 7.43. The fourth-order valence-corrected chi connectivity index (χ4v) is 3.60. The lowest BCUT2D eigenvalue weighted by molar-refractivity contribution is 0.0482. The van der Waals surface area contributed by atoms with E-state index in [0.717, 1.165) is 19.3 Å². The number of nitrogens with zero attached hydrogens (tertiary/aromatic N) is 3. The highest BCUT2D eigenvalue weighted by Crippen LogP contribution is 2.20. The van der Waals surface area contributed by atoms with Gasteiger partial charge in [0.05, 0.1) is 12.7 Å². The number of hydrazine groups is 1. The van der Waals surface area contributed by atoms with Gasteiger partial charge in [-0.05, 0) is 43.6 Å². The molecule has 1 amide bonds. The quantitative estimate of drug-likeness (QED) is 0.648. The number of thiocarbonyl (C=S) groups is 1. The second-order valence-corrected chi connectivity index (χ2v) is 6.65. The average molecular weight is 362 g/mol. The Labute approximate surface area is 152 Å². The standard InChI is InChI=1S/C17H22N4O3S/c1-24-16(23)12-7-8-14(18-11-12)15(22)20-9-4-10-21(20)17(25)19-13-5-2-3-6-13/h7-8,11,13H,2-6,9-10H2,1H3,(H,19,25). The van der Waals surface area contributed by atoms with E-state index in [2.05, 4.69) is 15.0 Å². The van der Waals surface area contributed by atoms with Gasteiger partial charge in [0, 0.05) is 25.3 Å². The van der Waals surface area contributed by atoms with E-state index in [0.29, 0.717) is 29.8 Å². The number of esters is 1. The maximum absolute atomic E-state index is 12.8. The van der Waals surface area contributed by atoms with E-state index in [9.17, 15) is 9.59 Å². The van der Waals surface area contributed by atoms with Gasteiger partial charge in [0.1, 0.15) is 5.69 Å². The molecule has 2 aliphatic rings. The van der Waals surface area contributed by atoms with Crippen molar-refractivity contribution in [2.75, 3.05) is 20.2 Å². The van der Waals surface area contributed by atoms with Crippen molar-refractivity contribution >= 4 is 29.2 Å². The van der Waals surface area contributed by atoms with E-state index >= 15 is 0 Å². The SMILES string of the molecule is COC(=O)c1ccc(C(=O)N2CCCN2C(=S)NC2CCCC2)nc1. The van der Waals surface area contributed by atoms with Crippen LogP contribution in [0, 0.1) is 0 Å². The number of pyridine rings is 1. The number of amides is 1. The molecule has 0 spiro atoms. The smallest absolute Gasteiger partial charge is 0.339 e. The zero-order valence-electron chi connectivity index (χ0n) is 14.2. The van der Waals surface area contributed by atoms with Gasteiger partial charge in [0.2, 0.25) is 0 Å². The highest BCUT2D eigenvalue weighted by atomic mass is 32.1. The molecule has 2 fully saturated rings. The summed E-state index contributed by atoms with van der Waals surface area (Å²) in [7, 11) is 1.31. The van der Waals surface area contributed by atoms with E-state index in [1.54, 1.807) is 17.1 Å². The molecule has 0 aromatic carbocycles. The van der Waals surface area contributed by atoms with Gasteiger partial charge < -0.3 is 10.1 Å². The summed E-state index contributed by atoms with van der Waals surface area (Å²) in [5.41, 5.74) is 0.596. The van der Waals surface area contributed by atoms with E-state index in [1.165, 1.54) is 26.1 Å². The largest absolute Gasteiger partial charge is 0.465 e. The van der Waals surface area contributed by atoms with Crippen molar-refractivity contribution in [3.05, 3.63) is 29.6 Å². The second-order valence-electron chi connectivity index (χ2n) is 6.26. The third-order valence-corrected chi connectivity index (χ3v) is 4.92. The van der Waals surface area contributed by atoms with Gasteiger partial charge in [-0.2, -0.15) is 0 Å².